The highest BCUT2D eigenvalue weighted by atomic mass is 16.2. The van der Waals surface area contributed by atoms with Gasteiger partial charge in [0, 0.05) is 5.54 Å². The Morgan fingerprint density at radius 1 is 1.14 bits per heavy atom. The second-order valence-electron chi connectivity index (χ2n) is 8.00. The molecule has 2 amide bonds. The van der Waals surface area contributed by atoms with Crippen LogP contribution in [0.15, 0.2) is 0 Å². The van der Waals surface area contributed by atoms with Gasteiger partial charge in [0.1, 0.15) is 0 Å². The van der Waals surface area contributed by atoms with Crippen LogP contribution in [-0.2, 0) is 9.59 Å². The molecular weight excluding hydrogens is 264 g/mol. The maximum Gasteiger partial charge on any atom is 0.224 e. The molecule has 1 aliphatic carbocycles. The van der Waals surface area contributed by atoms with E-state index in [1.54, 1.807) is 0 Å². The third-order valence-electron chi connectivity index (χ3n) is 4.43. The highest BCUT2D eigenvalue weighted by Crippen LogP contribution is 2.45. The summed E-state index contributed by atoms with van der Waals surface area (Å²) in [6, 6.07) is 0. The molecule has 0 bridgehead atoms. The second-order valence-corrected chi connectivity index (χ2v) is 8.00. The molecule has 1 atom stereocenters. The van der Waals surface area contributed by atoms with E-state index >= 15 is 0 Å². The minimum Gasteiger partial charge on any atom is -0.369 e. The Balaban J connectivity index is 3.08. The summed E-state index contributed by atoms with van der Waals surface area (Å²) >= 11 is 0. The van der Waals surface area contributed by atoms with Crippen molar-refractivity contribution in [3.63, 3.8) is 0 Å². The molecule has 3 N–H and O–H groups in total. The fourth-order valence-corrected chi connectivity index (χ4v) is 3.46. The van der Waals surface area contributed by atoms with Crippen LogP contribution in [0.3, 0.4) is 0 Å². The van der Waals surface area contributed by atoms with Gasteiger partial charge in [-0.2, -0.15) is 0 Å². The first-order valence-electron chi connectivity index (χ1n) is 8.20. The summed E-state index contributed by atoms with van der Waals surface area (Å²) in [6.07, 6.45) is 5.31. The molecule has 122 valence electrons. The first-order valence-corrected chi connectivity index (χ1v) is 8.20. The quantitative estimate of drug-likeness (QED) is 0.818. The molecule has 1 rings (SSSR count). The number of primary amides is 1. The van der Waals surface area contributed by atoms with Crippen molar-refractivity contribution in [3.05, 3.63) is 0 Å². The average molecular weight is 296 g/mol. The van der Waals surface area contributed by atoms with E-state index in [9.17, 15) is 9.59 Å². The van der Waals surface area contributed by atoms with E-state index < -0.39 is 5.41 Å². The molecule has 1 aliphatic rings. The van der Waals surface area contributed by atoms with Crippen LogP contribution in [0.25, 0.3) is 0 Å². The molecule has 0 spiro atoms. The topological polar surface area (TPSA) is 72.2 Å². The molecule has 1 saturated carbocycles. The van der Waals surface area contributed by atoms with Gasteiger partial charge in [-0.25, -0.2) is 0 Å². The number of hydrogen-bond acceptors (Lipinski definition) is 2. The van der Waals surface area contributed by atoms with Gasteiger partial charge < -0.3 is 11.1 Å². The van der Waals surface area contributed by atoms with Gasteiger partial charge >= 0.3 is 0 Å². The first kappa shape index (κ1) is 18.0. The zero-order valence-corrected chi connectivity index (χ0v) is 14.3. The highest BCUT2D eigenvalue weighted by Gasteiger charge is 2.48. The molecule has 0 aromatic heterocycles. The van der Waals surface area contributed by atoms with E-state index in [1.165, 1.54) is 0 Å². The smallest absolute Gasteiger partial charge is 0.224 e. The number of amides is 2. The number of rotatable bonds is 5. The van der Waals surface area contributed by atoms with Crippen molar-refractivity contribution in [3.8, 4) is 0 Å². The lowest BCUT2D eigenvalue weighted by atomic mass is 9.63. The van der Waals surface area contributed by atoms with E-state index in [1.807, 2.05) is 20.8 Å². The Kier molecular flexibility index (Phi) is 5.83. The van der Waals surface area contributed by atoms with Gasteiger partial charge in [-0.15, -0.1) is 0 Å². The molecule has 0 radical (unpaired) electrons. The molecule has 0 aromatic rings. The Morgan fingerprint density at radius 2 is 1.67 bits per heavy atom. The van der Waals surface area contributed by atoms with E-state index in [2.05, 4.69) is 19.2 Å². The third kappa shape index (κ3) is 4.72. The van der Waals surface area contributed by atoms with Gasteiger partial charge in [0.15, 0.2) is 0 Å². The molecule has 0 heterocycles. The number of carbonyl (C=O) groups excluding carboxylic acids is 2. The Bertz CT molecular complexity index is 377. The lowest BCUT2D eigenvalue weighted by Crippen LogP contribution is -2.54. The fraction of sp³-hybridized carbons (Fsp3) is 0.882. The van der Waals surface area contributed by atoms with Gasteiger partial charge in [0.25, 0.3) is 0 Å². The van der Waals surface area contributed by atoms with Crippen molar-refractivity contribution >= 4 is 11.8 Å². The van der Waals surface area contributed by atoms with Crippen LogP contribution >= 0.6 is 0 Å². The number of hydrogen-bond donors (Lipinski definition) is 2. The van der Waals surface area contributed by atoms with E-state index in [0.29, 0.717) is 12.3 Å². The van der Waals surface area contributed by atoms with Crippen molar-refractivity contribution in [2.24, 2.45) is 23.0 Å². The maximum absolute atomic E-state index is 12.8. The Labute approximate surface area is 129 Å². The number of nitrogens with two attached hydrogens (primary N) is 1. The zero-order chi connectivity index (χ0) is 16.3. The molecule has 0 unspecified atom stereocenters. The minimum atomic E-state index is -0.655. The van der Waals surface area contributed by atoms with Crippen molar-refractivity contribution < 1.29 is 9.59 Å². The van der Waals surface area contributed by atoms with Crippen LogP contribution in [0.1, 0.15) is 73.1 Å². The maximum atomic E-state index is 12.8. The zero-order valence-electron chi connectivity index (χ0n) is 14.3. The molecule has 21 heavy (non-hydrogen) atoms. The van der Waals surface area contributed by atoms with Gasteiger partial charge in [-0.05, 0) is 46.0 Å². The number of nitrogens with one attached hydrogen (secondary N) is 1. The van der Waals surface area contributed by atoms with Crippen molar-refractivity contribution in [1.29, 1.82) is 0 Å². The number of carbonyl (C=O) groups is 2. The van der Waals surface area contributed by atoms with Gasteiger partial charge in [0.2, 0.25) is 11.8 Å². The summed E-state index contributed by atoms with van der Waals surface area (Å²) < 4.78 is 0. The van der Waals surface area contributed by atoms with Crippen LogP contribution in [0, 0.1) is 17.3 Å². The summed E-state index contributed by atoms with van der Waals surface area (Å²) in [4.78, 5) is 25.0. The van der Waals surface area contributed by atoms with Crippen LogP contribution in [0.2, 0.25) is 0 Å². The highest BCUT2D eigenvalue weighted by molar-refractivity contribution is 5.90. The molecule has 1 fully saturated rings. The van der Waals surface area contributed by atoms with E-state index in [4.69, 9.17) is 5.73 Å². The van der Waals surface area contributed by atoms with Crippen LogP contribution in [0.5, 0.6) is 0 Å². The lowest BCUT2D eigenvalue weighted by Gasteiger charge is -2.42. The standard InChI is InChI=1S/C17H32N2O2/c1-12(2)11-13(14(20)19-16(3,4)5)17(15(18)21)9-7-6-8-10-17/h12-13H,6-11H2,1-5H3,(H2,18,21)(H,19,20)/t13-/m0/s1. The summed E-state index contributed by atoms with van der Waals surface area (Å²) in [7, 11) is 0. The van der Waals surface area contributed by atoms with Crippen LogP contribution < -0.4 is 11.1 Å². The summed E-state index contributed by atoms with van der Waals surface area (Å²) in [6.45, 7) is 10.1. The molecule has 0 aliphatic heterocycles. The van der Waals surface area contributed by atoms with Crippen molar-refractivity contribution in [1.82, 2.24) is 5.32 Å². The van der Waals surface area contributed by atoms with Crippen molar-refractivity contribution in [2.45, 2.75) is 78.7 Å². The average Bonchev–Trinajstić information content (AvgIpc) is 2.34. The third-order valence-corrected chi connectivity index (χ3v) is 4.43. The predicted octanol–water partition coefficient (Wildman–Crippen LogP) is 3.00. The summed E-state index contributed by atoms with van der Waals surface area (Å²) in [5, 5.41) is 3.05. The van der Waals surface area contributed by atoms with Crippen LogP contribution in [0.4, 0.5) is 0 Å². The van der Waals surface area contributed by atoms with Gasteiger partial charge in [-0.3, -0.25) is 9.59 Å². The largest absolute Gasteiger partial charge is 0.369 e. The van der Waals surface area contributed by atoms with Gasteiger partial charge in [0.05, 0.1) is 11.3 Å². The molecule has 4 nitrogen and oxygen atoms in total. The summed E-state index contributed by atoms with van der Waals surface area (Å²) in [5.74, 6) is -0.262. The predicted molar refractivity (Wildman–Crippen MR) is 85.6 cm³/mol. The molecule has 4 heteroatoms. The van der Waals surface area contributed by atoms with E-state index in [0.717, 1.165) is 32.1 Å². The first-order chi connectivity index (χ1) is 9.58. The van der Waals surface area contributed by atoms with Crippen molar-refractivity contribution in [2.75, 3.05) is 0 Å². The van der Waals surface area contributed by atoms with Gasteiger partial charge in [-0.1, -0.05) is 33.1 Å². The SMILES string of the molecule is CC(C)C[C@@H](C(=O)NC(C)(C)C)C1(C(N)=O)CCCCC1. The van der Waals surface area contributed by atoms with E-state index in [-0.39, 0.29) is 23.3 Å². The molecule has 0 saturated heterocycles. The Hall–Kier alpha value is -1.06. The van der Waals surface area contributed by atoms with Crippen LogP contribution in [-0.4, -0.2) is 17.4 Å². The second kappa shape index (κ2) is 6.80. The molecule has 0 aromatic carbocycles. The minimum absolute atomic E-state index is 0.0168. The lowest BCUT2D eigenvalue weighted by molar-refractivity contribution is -0.144. The summed E-state index contributed by atoms with van der Waals surface area (Å²) in [5.41, 5.74) is 4.81. The molecular formula is C17H32N2O2. The fourth-order valence-electron chi connectivity index (χ4n) is 3.46. The monoisotopic (exact) mass is 296 g/mol. The Morgan fingerprint density at radius 3 is 2.05 bits per heavy atom. The normalized spacial score (nSPS) is 20.1.